The molecule has 0 radical (unpaired) electrons. The molecule has 16 heavy (non-hydrogen) atoms. The molecule has 0 bridgehead atoms. The van der Waals surface area contributed by atoms with Crippen LogP contribution in [0, 0.1) is 0 Å². The minimum absolute atomic E-state index is 0.830. The number of pyridine rings is 1. The first-order valence-electron chi connectivity index (χ1n) is 5.38. The molecule has 0 amide bonds. The quantitative estimate of drug-likeness (QED) is 0.849. The third kappa shape index (κ3) is 2.05. The van der Waals surface area contributed by atoms with E-state index in [0.29, 0.717) is 0 Å². The molecule has 0 saturated carbocycles. The molecule has 0 unspecified atom stereocenters. The molecule has 0 aliphatic rings. The number of rotatable bonds is 3. The average Bonchev–Trinajstić information content (AvgIpc) is 2.29. The number of para-hydroxylation sites is 1. The number of hydrogen-bond donors (Lipinski definition) is 0. The Morgan fingerprint density at radius 1 is 1.38 bits per heavy atom. The number of nitrogens with zero attached hydrogens (tertiary/aromatic N) is 1. The van der Waals surface area contributed by atoms with E-state index in [0.717, 1.165) is 39.7 Å². The van der Waals surface area contributed by atoms with Gasteiger partial charge in [0.15, 0.2) is 0 Å². The van der Waals surface area contributed by atoms with E-state index < -0.39 is 0 Å². The van der Waals surface area contributed by atoms with Gasteiger partial charge < -0.3 is 4.74 Å². The van der Waals surface area contributed by atoms with Crippen molar-refractivity contribution in [3.05, 3.63) is 34.4 Å². The van der Waals surface area contributed by atoms with Gasteiger partial charge in [-0.1, -0.05) is 41.4 Å². The number of hydrogen-bond acceptors (Lipinski definition) is 2. The zero-order valence-electron chi connectivity index (χ0n) is 9.46. The highest BCUT2D eigenvalue weighted by atomic mass is 79.9. The predicted molar refractivity (Wildman–Crippen MR) is 70.0 cm³/mol. The Morgan fingerprint density at radius 2 is 2.19 bits per heavy atom. The number of methoxy groups -OCH3 is 1. The fourth-order valence-electron chi connectivity index (χ4n) is 1.78. The third-order valence-electron chi connectivity index (χ3n) is 2.53. The molecule has 2 aromatic rings. The SMILES string of the molecule is CCCc1cc(Br)c2cccc(OC)c2n1. The fourth-order valence-corrected chi connectivity index (χ4v) is 2.36. The summed E-state index contributed by atoms with van der Waals surface area (Å²) in [4.78, 5) is 4.64. The largest absolute Gasteiger partial charge is 0.494 e. The lowest BCUT2D eigenvalue weighted by atomic mass is 10.1. The first-order valence-corrected chi connectivity index (χ1v) is 6.17. The van der Waals surface area contributed by atoms with Crippen molar-refractivity contribution in [1.29, 1.82) is 0 Å². The van der Waals surface area contributed by atoms with Crippen LogP contribution in [0.15, 0.2) is 28.7 Å². The molecule has 0 aliphatic heterocycles. The van der Waals surface area contributed by atoms with Crippen LogP contribution in [0.4, 0.5) is 0 Å². The monoisotopic (exact) mass is 279 g/mol. The number of ether oxygens (including phenoxy) is 1. The number of aryl methyl sites for hydroxylation is 1. The molecule has 2 nitrogen and oxygen atoms in total. The van der Waals surface area contributed by atoms with Crippen molar-refractivity contribution in [2.75, 3.05) is 7.11 Å². The molecule has 0 N–H and O–H groups in total. The first kappa shape index (κ1) is 11.4. The van der Waals surface area contributed by atoms with Gasteiger partial charge in [-0.15, -0.1) is 0 Å². The molecule has 0 fully saturated rings. The Balaban J connectivity index is 2.67. The molecule has 0 atom stereocenters. The van der Waals surface area contributed by atoms with Crippen LogP contribution in [-0.4, -0.2) is 12.1 Å². The van der Waals surface area contributed by atoms with Crippen LogP contribution >= 0.6 is 15.9 Å². The van der Waals surface area contributed by atoms with Gasteiger partial charge in [-0.3, -0.25) is 0 Å². The molecule has 0 saturated heterocycles. The van der Waals surface area contributed by atoms with Crippen LogP contribution in [0.1, 0.15) is 19.0 Å². The molecule has 0 aliphatic carbocycles. The molecule has 1 heterocycles. The molecular formula is C13H14BrNO. The summed E-state index contributed by atoms with van der Waals surface area (Å²) in [7, 11) is 1.68. The highest BCUT2D eigenvalue weighted by Crippen LogP contribution is 2.30. The van der Waals surface area contributed by atoms with E-state index in [1.54, 1.807) is 7.11 Å². The smallest absolute Gasteiger partial charge is 0.145 e. The maximum atomic E-state index is 5.33. The fraction of sp³-hybridized carbons (Fsp3) is 0.308. The molecule has 3 heteroatoms. The summed E-state index contributed by atoms with van der Waals surface area (Å²) in [5.74, 6) is 0.830. The Hall–Kier alpha value is -1.09. The van der Waals surface area contributed by atoms with E-state index in [1.165, 1.54) is 0 Å². The van der Waals surface area contributed by atoms with Gasteiger partial charge in [0.2, 0.25) is 0 Å². The summed E-state index contributed by atoms with van der Waals surface area (Å²) in [6, 6.07) is 8.06. The van der Waals surface area contributed by atoms with E-state index in [1.807, 2.05) is 18.2 Å². The van der Waals surface area contributed by atoms with E-state index in [2.05, 4.69) is 33.9 Å². The van der Waals surface area contributed by atoms with Crippen molar-refractivity contribution >= 4 is 26.8 Å². The van der Waals surface area contributed by atoms with Crippen molar-refractivity contribution in [2.45, 2.75) is 19.8 Å². The van der Waals surface area contributed by atoms with Gasteiger partial charge in [0.1, 0.15) is 11.3 Å². The lowest BCUT2D eigenvalue weighted by Gasteiger charge is -2.08. The molecule has 84 valence electrons. The molecule has 1 aromatic carbocycles. The summed E-state index contributed by atoms with van der Waals surface area (Å²) in [6.45, 7) is 2.15. The van der Waals surface area contributed by atoms with Crippen molar-refractivity contribution in [1.82, 2.24) is 4.98 Å². The first-order chi connectivity index (χ1) is 7.76. The number of fused-ring (bicyclic) bond motifs is 1. The lowest BCUT2D eigenvalue weighted by Crippen LogP contribution is -1.93. The van der Waals surface area contributed by atoms with Gasteiger partial charge in [-0.2, -0.15) is 0 Å². The zero-order chi connectivity index (χ0) is 11.5. The Kier molecular flexibility index (Phi) is 3.44. The van der Waals surface area contributed by atoms with Crippen molar-refractivity contribution < 1.29 is 4.74 Å². The summed E-state index contributed by atoms with van der Waals surface area (Å²) in [5.41, 5.74) is 2.04. The topological polar surface area (TPSA) is 22.1 Å². The van der Waals surface area contributed by atoms with Gasteiger partial charge in [0.25, 0.3) is 0 Å². The second-order valence-electron chi connectivity index (χ2n) is 3.70. The minimum atomic E-state index is 0.830. The molecule has 0 spiro atoms. The molecule has 2 rings (SSSR count). The lowest BCUT2D eigenvalue weighted by molar-refractivity contribution is 0.419. The van der Waals surface area contributed by atoms with Crippen LogP contribution in [-0.2, 0) is 6.42 Å². The average molecular weight is 280 g/mol. The summed E-state index contributed by atoms with van der Waals surface area (Å²) in [6.07, 6.45) is 2.09. The van der Waals surface area contributed by atoms with E-state index in [4.69, 9.17) is 4.74 Å². The van der Waals surface area contributed by atoms with Crippen molar-refractivity contribution in [3.8, 4) is 5.75 Å². The number of aromatic nitrogens is 1. The van der Waals surface area contributed by atoms with Crippen molar-refractivity contribution in [2.24, 2.45) is 0 Å². The van der Waals surface area contributed by atoms with Crippen LogP contribution in [0.25, 0.3) is 10.9 Å². The summed E-state index contributed by atoms with van der Waals surface area (Å²) >= 11 is 3.59. The van der Waals surface area contributed by atoms with Gasteiger partial charge >= 0.3 is 0 Å². The summed E-state index contributed by atoms with van der Waals surface area (Å²) < 4.78 is 6.42. The van der Waals surface area contributed by atoms with Crippen molar-refractivity contribution in [3.63, 3.8) is 0 Å². The minimum Gasteiger partial charge on any atom is -0.494 e. The molecule has 1 aromatic heterocycles. The molecular weight excluding hydrogens is 266 g/mol. The van der Waals surface area contributed by atoms with Crippen LogP contribution < -0.4 is 4.74 Å². The number of benzene rings is 1. The van der Waals surface area contributed by atoms with Gasteiger partial charge in [0, 0.05) is 15.6 Å². The van der Waals surface area contributed by atoms with Gasteiger partial charge in [-0.05, 0) is 18.6 Å². The highest BCUT2D eigenvalue weighted by Gasteiger charge is 2.07. The number of halogens is 1. The van der Waals surface area contributed by atoms with Gasteiger partial charge in [-0.25, -0.2) is 4.98 Å². The normalized spacial score (nSPS) is 10.7. The zero-order valence-corrected chi connectivity index (χ0v) is 11.0. The van der Waals surface area contributed by atoms with Gasteiger partial charge in [0.05, 0.1) is 7.11 Å². The van der Waals surface area contributed by atoms with Crippen LogP contribution in [0.3, 0.4) is 0 Å². The third-order valence-corrected chi connectivity index (χ3v) is 3.19. The Bertz CT molecular complexity index is 511. The standard InChI is InChI=1S/C13H14BrNO/c1-3-5-9-8-11(14)10-6-4-7-12(16-2)13(10)15-9/h4,6-8H,3,5H2,1-2H3. The maximum absolute atomic E-state index is 5.33. The van der Waals surface area contributed by atoms with E-state index >= 15 is 0 Å². The van der Waals surface area contributed by atoms with Crippen LogP contribution in [0.2, 0.25) is 0 Å². The van der Waals surface area contributed by atoms with E-state index in [9.17, 15) is 0 Å². The van der Waals surface area contributed by atoms with E-state index in [-0.39, 0.29) is 0 Å². The predicted octanol–water partition coefficient (Wildman–Crippen LogP) is 3.96. The second kappa shape index (κ2) is 4.83. The maximum Gasteiger partial charge on any atom is 0.145 e. The second-order valence-corrected chi connectivity index (χ2v) is 4.56. The summed E-state index contributed by atoms with van der Waals surface area (Å²) in [5, 5.41) is 1.10. The Morgan fingerprint density at radius 3 is 2.88 bits per heavy atom. The Labute approximate surface area is 104 Å². The van der Waals surface area contributed by atoms with Crippen LogP contribution in [0.5, 0.6) is 5.75 Å². The highest BCUT2D eigenvalue weighted by molar-refractivity contribution is 9.10.